The number of thioether (sulfide) groups is 1. The highest BCUT2D eigenvalue weighted by atomic mass is 32.2. The molecule has 118 valence electrons. The second-order valence-corrected chi connectivity index (χ2v) is 6.99. The summed E-state index contributed by atoms with van der Waals surface area (Å²) in [7, 11) is 0. The first-order valence-electron chi connectivity index (χ1n) is 7.23. The van der Waals surface area contributed by atoms with Gasteiger partial charge < -0.3 is 10.6 Å². The van der Waals surface area contributed by atoms with Gasteiger partial charge in [-0.15, -0.1) is 10.2 Å². The highest BCUT2D eigenvalue weighted by Gasteiger charge is 2.11. The Labute approximate surface area is 138 Å². The lowest BCUT2D eigenvalue weighted by Gasteiger charge is -2.13. The van der Waals surface area contributed by atoms with Gasteiger partial charge in [0.2, 0.25) is 11.0 Å². The normalized spacial score (nSPS) is 11.9. The van der Waals surface area contributed by atoms with Gasteiger partial charge in [0.25, 0.3) is 0 Å². The van der Waals surface area contributed by atoms with Crippen molar-refractivity contribution >= 4 is 34.1 Å². The van der Waals surface area contributed by atoms with Crippen LogP contribution in [-0.4, -0.2) is 28.4 Å². The summed E-state index contributed by atoms with van der Waals surface area (Å²) in [5.41, 5.74) is 1.10. The van der Waals surface area contributed by atoms with Crippen LogP contribution >= 0.6 is 23.1 Å². The Morgan fingerprint density at radius 3 is 2.82 bits per heavy atom. The summed E-state index contributed by atoms with van der Waals surface area (Å²) in [4.78, 5) is 12.0. The lowest BCUT2D eigenvalue weighted by Crippen LogP contribution is -2.28. The molecule has 0 bridgehead atoms. The predicted octanol–water partition coefficient (Wildman–Crippen LogP) is 3.33. The Morgan fingerprint density at radius 1 is 1.32 bits per heavy atom. The maximum absolute atomic E-state index is 12.0. The standard InChI is InChI=1S/C15H20N4OS2/c1-3-9-16-14-18-19-15(22-14)21-10-13(20)17-11(2)12-7-5-4-6-8-12/h4-8,11H,3,9-10H2,1-2H3,(H,16,18)(H,17,20)/t11-/m1/s1. The second-order valence-electron chi connectivity index (χ2n) is 4.79. The molecular formula is C15H20N4OS2. The van der Waals surface area contributed by atoms with E-state index in [0.29, 0.717) is 5.75 Å². The zero-order chi connectivity index (χ0) is 15.8. The van der Waals surface area contributed by atoms with Gasteiger partial charge in [0, 0.05) is 6.54 Å². The van der Waals surface area contributed by atoms with Crippen LogP contribution in [0.2, 0.25) is 0 Å². The van der Waals surface area contributed by atoms with Crippen LogP contribution < -0.4 is 10.6 Å². The van der Waals surface area contributed by atoms with Gasteiger partial charge in [-0.25, -0.2) is 0 Å². The minimum absolute atomic E-state index is 0.000351. The maximum atomic E-state index is 12.0. The van der Waals surface area contributed by atoms with Crippen molar-refractivity contribution in [2.45, 2.75) is 30.6 Å². The second kappa shape index (κ2) is 8.75. The molecular weight excluding hydrogens is 316 g/mol. The van der Waals surface area contributed by atoms with Gasteiger partial charge in [-0.2, -0.15) is 0 Å². The van der Waals surface area contributed by atoms with E-state index in [-0.39, 0.29) is 11.9 Å². The first kappa shape index (κ1) is 16.8. The minimum atomic E-state index is -0.000351. The van der Waals surface area contributed by atoms with Crippen LogP contribution in [0.15, 0.2) is 34.7 Å². The van der Waals surface area contributed by atoms with Crippen LogP contribution in [0.25, 0.3) is 0 Å². The molecule has 7 heteroatoms. The fourth-order valence-corrected chi connectivity index (χ4v) is 3.40. The van der Waals surface area contributed by atoms with Crippen molar-refractivity contribution in [2.75, 3.05) is 17.6 Å². The van der Waals surface area contributed by atoms with Gasteiger partial charge in [0.1, 0.15) is 0 Å². The van der Waals surface area contributed by atoms with E-state index in [4.69, 9.17) is 0 Å². The molecule has 0 aliphatic carbocycles. The van der Waals surface area contributed by atoms with Crippen molar-refractivity contribution in [3.05, 3.63) is 35.9 Å². The van der Waals surface area contributed by atoms with Crippen LogP contribution in [0.1, 0.15) is 31.9 Å². The summed E-state index contributed by atoms with van der Waals surface area (Å²) in [6.07, 6.45) is 1.04. The van der Waals surface area contributed by atoms with E-state index < -0.39 is 0 Å². The molecule has 1 aromatic carbocycles. The molecule has 0 unspecified atom stereocenters. The zero-order valence-corrected chi connectivity index (χ0v) is 14.3. The molecule has 0 aliphatic heterocycles. The number of carbonyl (C=O) groups is 1. The van der Waals surface area contributed by atoms with Crippen LogP contribution in [-0.2, 0) is 4.79 Å². The van der Waals surface area contributed by atoms with E-state index in [0.717, 1.165) is 28.0 Å². The Hall–Kier alpha value is -1.60. The molecule has 1 aromatic heterocycles. The molecule has 0 aliphatic rings. The first-order valence-corrected chi connectivity index (χ1v) is 9.03. The number of aromatic nitrogens is 2. The van der Waals surface area contributed by atoms with Crippen molar-refractivity contribution in [3.63, 3.8) is 0 Å². The van der Waals surface area contributed by atoms with Crippen molar-refractivity contribution in [1.82, 2.24) is 15.5 Å². The number of carbonyl (C=O) groups excluding carboxylic acids is 1. The minimum Gasteiger partial charge on any atom is -0.360 e. The third kappa shape index (κ3) is 5.31. The molecule has 1 atom stereocenters. The van der Waals surface area contributed by atoms with E-state index in [2.05, 4.69) is 27.8 Å². The van der Waals surface area contributed by atoms with Crippen LogP contribution in [0, 0.1) is 0 Å². The van der Waals surface area contributed by atoms with Gasteiger partial charge in [-0.1, -0.05) is 60.4 Å². The van der Waals surface area contributed by atoms with Crippen LogP contribution in [0.3, 0.4) is 0 Å². The highest BCUT2D eigenvalue weighted by Crippen LogP contribution is 2.25. The van der Waals surface area contributed by atoms with E-state index in [9.17, 15) is 4.79 Å². The summed E-state index contributed by atoms with van der Waals surface area (Å²) < 4.78 is 0.807. The number of anilines is 1. The molecule has 22 heavy (non-hydrogen) atoms. The number of nitrogens with zero attached hydrogens (tertiary/aromatic N) is 2. The van der Waals surface area contributed by atoms with Crippen molar-refractivity contribution in [3.8, 4) is 0 Å². The highest BCUT2D eigenvalue weighted by molar-refractivity contribution is 8.01. The quantitative estimate of drug-likeness (QED) is 0.724. The van der Waals surface area contributed by atoms with E-state index in [1.807, 2.05) is 37.3 Å². The predicted molar refractivity (Wildman–Crippen MR) is 92.4 cm³/mol. The molecule has 0 radical (unpaired) electrons. The Kier molecular flexibility index (Phi) is 6.67. The molecule has 0 spiro atoms. The van der Waals surface area contributed by atoms with Gasteiger partial charge in [-0.3, -0.25) is 4.79 Å². The zero-order valence-electron chi connectivity index (χ0n) is 12.7. The Balaban J connectivity index is 1.76. The van der Waals surface area contributed by atoms with E-state index >= 15 is 0 Å². The van der Waals surface area contributed by atoms with Gasteiger partial charge >= 0.3 is 0 Å². The number of benzene rings is 1. The number of amides is 1. The molecule has 2 rings (SSSR count). The third-order valence-corrected chi connectivity index (χ3v) is 4.95. The van der Waals surface area contributed by atoms with Gasteiger partial charge in [-0.05, 0) is 18.9 Å². The average Bonchev–Trinajstić information content (AvgIpc) is 2.99. The summed E-state index contributed by atoms with van der Waals surface area (Å²) in [6.45, 7) is 4.96. The number of rotatable bonds is 8. The maximum Gasteiger partial charge on any atom is 0.230 e. The average molecular weight is 336 g/mol. The van der Waals surface area contributed by atoms with Gasteiger partial charge in [0.05, 0.1) is 11.8 Å². The van der Waals surface area contributed by atoms with E-state index in [1.54, 1.807) is 0 Å². The molecule has 2 aromatic rings. The molecule has 0 fully saturated rings. The number of nitrogens with one attached hydrogen (secondary N) is 2. The first-order chi connectivity index (χ1) is 10.7. The van der Waals surface area contributed by atoms with Crippen molar-refractivity contribution in [2.24, 2.45) is 0 Å². The fraction of sp³-hybridized carbons (Fsp3) is 0.400. The number of hydrogen-bond donors (Lipinski definition) is 2. The summed E-state index contributed by atoms with van der Waals surface area (Å²) in [5, 5.41) is 15.1. The Bertz CT molecular complexity index is 588. The third-order valence-electron chi connectivity index (χ3n) is 2.94. The largest absolute Gasteiger partial charge is 0.360 e. The summed E-state index contributed by atoms with van der Waals surface area (Å²) in [5.74, 6) is 0.346. The topological polar surface area (TPSA) is 66.9 Å². The summed E-state index contributed by atoms with van der Waals surface area (Å²) in [6, 6.07) is 9.93. The lowest BCUT2D eigenvalue weighted by molar-refractivity contribution is -0.119. The summed E-state index contributed by atoms with van der Waals surface area (Å²) >= 11 is 2.89. The van der Waals surface area contributed by atoms with Gasteiger partial charge in [0.15, 0.2) is 4.34 Å². The Morgan fingerprint density at radius 2 is 2.09 bits per heavy atom. The van der Waals surface area contributed by atoms with Crippen molar-refractivity contribution < 1.29 is 4.79 Å². The SMILES string of the molecule is CCCNc1nnc(SCC(=O)N[C@H](C)c2ccccc2)s1. The molecule has 0 saturated carbocycles. The van der Waals surface area contributed by atoms with Crippen LogP contribution in [0.5, 0.6) is 0 Å². The monoisotopic (exact) mass is 336 g/mol. The molecule has 5 nitrogen and oxygen atoms in total. The molecule has 1 heterocycles. The van der Waals surface area contributed by atoms with Crippen molar-refractivity contribution in [1.29, 1.82) is 0 Å². The molecule has 0 saturated heterocycles. The fourth-order valence-electron chi connectivity index (χ4n) is 1.81. The molecule has 2 N–H and O–H groups in total. The lowest BCUT2D eigenvalue weighted by atomic mass is 10.1. The van der Waals surface area contributed by atoms with E-state index in [1.165, 1.54) is 23.1 Å². The van der Waals surface area contributed by atoms with Crippen LogP contribution in [0.4, 0.5) is 5.13 Å². The molecule has 1 amide bonds. The smallest absolute Gasteiger partial charge is 0.230 e. The number of hydrogen-bond acceptors (Lipinski definition) is 6.